The van der Waals surface area contributed by atoms with Gasteiger partial charge in [0.15, 0.2) is 0 Å². The summed E-state index contributed by atoms with van der Waals surface area (Å²) in [5.41, 5.74) is 8.87. The molecule has 0 radical (unpaired) electrons. The zero-order chi connectivity index (χ0) is 13.0. The second-order valence-electron chi connectivity index (χ2n) is 5.35. The number of hydrogen-bond acceptors (Lipinski definition) is 2. The van der Waals surface area contributed by atoms with Crippen molar-refractivity contribution in [2.24, 2.45) is 5.73 Å². The quantitative estimate of drug-likeness (QED) is 0.801. The molecule has 1 unspecified atom stereocenters. The summed E-state index contributed by atoms with van der Waals surface area (Å²) >= 11 is 0. The molecule has 1 aliphatic carbocycles. The first-order valence-corrected chi connectivity index (χ1v) is 7.32. The molecule has 0 spiro atoms. The lowest BCUT2D eigenvalue weighted by molar-refractivity contribution is 0.174. The van der Waals surface area contributed by atoms with Crippen LogP contribution in [0, 0.1) is 0 Å². The van der Waals surface area contributed by atoms with Gasteiger partial charge in [-0.2, -0.15) is 0 Å². The maximum Gasteiger partial charge on any atom is 0.0108 e. The Labute approximate surface area is 111 Å². The molecule has 0 amide bonds. The lowest BCUT2D eigenvalue weighted by Gasteiger charge is -2.38. The Hall–Kier alpha value is -0.860. The van der Waals surface area contributed by atoms with Gasteiger partial charge in [-0.25, -0.2) is 0 Å². The first-order chi connectivity index (χ1) is 8.80. The lowest BCUT2D eigenvalue weighted by atomic mass is 9.77. The van der Waals surface area contributed by atoms with Crippen LogP contribution in [0.25, 0.3) is 0 Å². The van der Waals surface area contributed by atoms with Gasteiger partial charge in [0.2, 0.25) is 0 Å². The van der Waals surface area contributed by atoms with Crippen LogP contribution < -0.4 is 5.73 Å². The average molecular weight is 246 g/mol. The summed E-state index contributed by atoms with van der Waals surface area (Å²) in [6.45, 7) is 7.55. The van der Waals surface area contributed by atoms with Gasteiger partial charge in [-0.15, -0.1) is 0 Å². The van der Waals surface area contributed by atoms with E-state index in [1.54, 1.807) is 11.1 Å². The number of nitrogens with two attached hydrogens (primary N) is 1. The predicted octanol–water partition coefficient (Wildman–Crippen LogP) is 2.78. The average Bonchev–Trinajstić information content (AvgIpc) is 2.37. The van der Waals surface area contributed by atoms with Gasteiger partial charge in [-0.3, -0.25) is 4.90 Å². The van der Waals surface area contributed by atoms with Gasteiger partial charge in [0, 0.05) is 31.6 Å². The summed E-state index contributed by atoms with van der Waals surface area (Å²) in [6.07, 6.45) is 3.70. The van der Waals surface area contributed by atoms with E-state index < -0.39 is 0 Å². The first-order valence-electron chi connectivity index (χ1n) is 7.32. The summed E-state index contributed by atoms with van der Waals surface area (Å²) in [7, 11) is 0. The third-order valence-electron chi connectivity index (χ3n) is 4.29. The molecule has 1 atom stereocenters. The smallest absolute Gasteiger partial charge is 0.0108 e. The van der Waals surface area contributed by atoms with Crippen LogP contribution in [0.5, 0.6) is 0 Å². The third kappa shape index (κ3) is 2.76. The molecule has 0 aromatic heterocycles. The van der Waals surface area contributed by atoms with Crippen molar-refractivity contribution in [1.29, 1.82) is 0 Å². The number of hydrogen-bond donors (Lipinski definition) is 1. The van der Waals surface area contributed by atoms with Crippen molar-refractivity contribution in [3.05, 3.63) is 35.4 Å². The molecular formula is C16H26N2. The van der Waals surface area contributed by atoms with Crippen molar-refractivity contribution in [1.82, 2.24) is 4.90 Å². The molecule has 0 heterocycles. The molecule has 100 valence electrons. The monoisotopic (exact) mass is 246 g/mol. The van der Waals surface area contributed by atoms with E-state index in [0.29, 0.717) is 6.04 Å². The van der Waals surface area contributed by atoms with E-state index in [4.69, 9.17) is 5.73 Å². The summed E-state index contributed by atoms with van der Waals surface area (Å²) < 4.78 is 0. The maximum absolute atomic E-state index is 5.76. The van der Waals surface area contributed by atoms with Gasteiger partial charge < -0.3 is 5.73 Å². The van der Waals surface area contributed by atoms with Crippen LogP contribution in [0.15, 0.2) is 24.3 Å². The highest BCUT2D eigenvalue weighted by molar-refractivity contribution is 5.40. The van der Waals surface area contributed by atoms with Gasteiger partial charge in [-0.1, -0.05) is 38.1 Å². The summed E-state index contributed by atoms with van der Waals surface area (Å²) in [4.78, 5) is 2.60. The summed E-state index contributed by atoms with van der Waals surface area (Å²) in [5, 5.41) is 0. The first kappa shape index (κ1) is 13.6. The highest BCUT2D eigenvalue weighted by atomic mass is 15.2. The molecule has 0 aliphatic heterocycles. The van der Waals surface area contributed by atoms with Crippen molar-refractivity contribution in [2.45, 2.75) is 45.1 Å². The SMILES string of the molecule is CCC(CC)N(CCN)CC1Cc2ccccc21. The normalized spacial score (nSPS) is 17.9. The van der Waals surface area contributed by atoms with Gasteiger partial charge >= 0.3 is 0 Å². The van der Waals surface area contributed by atoms with E-state index in [2.05, 4.69) is 43.0 Å². The largest absolute Gasteiger partial charge is 0.329 e. The summed E-state index contributed by atoms with van der Waals surface area (Å²) in [5.74, 6) is 0.730. The molecular weight excluding hydrogens is 220 g/mol. The number of fused-ring (bicyclic) bond motifs is 1. The van der Waals surface area contributed by atoms with Crippen molar-refractivity contribution < 1.29 is 0 Å². The molecule has 2 rings (SSSR count). The molecule has 1 aromatic carbocycles. The van der Waals surface area contributed by atoms with E-state index in [0.717, 1.165) is 19.0 Å². The van der Waals surface area contributed by atoms with Gasteiger partial charge in [0.25, 0.3) is 0 Å². The number of nitrogens with zero attached hydrogens (tertiary/aromatic N) is 1. The van der Waals surface area contributed by atoms with Crippen LogP contribution >= 0.6 is 0 Å². The maximum atomic E-state index is 5.76. The molecule has 0 fully saturated rings. The Morgan fingerprint density at radius 2 is 2.00 bits per heavy atom. The minimum atomic E-state index is 0.696. The van der Waals surface area contributed by atoms with E-state index in [-0.39, 0.29) is 0 Å². The molecule has 1 aromatic rings. The van der Waals surface area contributed by atoms with Crippen LogP contribution in [0.1, 0.15) is 43.7 Å². The van der Waals surface area contributed by atoms with Crippen molar-refractivity contribution in [3.8, 4) is 0 Å². The Kier molecular flexibility index (Phi) is 4.79. The van der Waals surface area contributed by atoms with Crippen LogP contribution in [-0.4, -0.2) is 30.6 Å². The molecule has 2 N–H and O–H groups in total. The molecule has 0 bridgehead atoms. The van der Waals surface area contributed by atoms with Crippen molar-refractivity contribution in [3.63, 3.8) is 0 Å². The van der Waals surface area contributed by atoms with E-state index in [9.17, 15) is 0 Å². The highest BCUT2D eigenvalue weighted by Gasteiger charge is 2.28. The Bertz CT molecular complexity index is 371. The fourth-order valence-electron chi connectivity index (χ4n) is 3.20. The number of rotatable bonds is 7. The standard InChI is InChI=1S/C16H26N2/c1-3-15(4-2)18(10-9-17)12-14-11-13-7-5-6-8-16(13)14/h5-8,14-15H,3-4,9-12,17H2,1-2H3. The third-order valence-corrected chi connectivity index (χ3v) is 4.29. The second kappa shape index (κ2) is 6.35. The van der Waals surface area contributed by atoms with Crippen molar-refractivity contribution >= 4 is 0 Å². The lowest BCUT2D eigenvalue weighted by Crippen LogP contribution is -2.42. The van der Waals surface area contributed by atoms with E-state index >= 15 is 0 Å². The van der Waals surface area contributed by atoms with Gasteiger partial charge in [0.05, 0.1) is 0 Å². The Morgan fingerprint density at radius 3 is 2.61 bits per heavy atom. The molecule has 18 heavy (non-hydrogen) atoms. The minimum absolute atomic E-state index is 0.696. The van der Waals surface area contributed by atoms with Crippen LogP contribution in [0.4, 0.5) is 0 Å². The zero-order valence-electron chi connectivity index (χ0n) is 11.7. The predicted molar refractivity (Wildman–Crippen MR) is 77.9 cm³/mol. The molecule has 1 aliphatic rings. The number of benzene rings is 1. The van der Waals surface area contributed by atoms with Gasteiger partial charge in [-0.05, 0) is 30.4 Å². The highest BCUT2D eigenvalue weighted by Crippen LogP contribution is 2.35. The van der Waals surface area contributed by atoms with Gasteiger partial charge in [0.1, 0.15) is 0 Å². The second-order valence-corrected chi connectivity index (χ2v) is 5.35. The van der Waals surface area contributed by atoms with Crippen LogP contribution in [0.2, 0.25) is 0 Å². The van der Waals surface area contributed by atoms with E-state index in [1.165, 1.54) is 25.8 Å². The Balaban J connectivity index is 1.99. The molecule has 0 saturated heterocycles. The molecule has 2 heteroatoms. The fraction of sp³-hybridized carbons (Fsp3) is 0.625. The summed E-state index contributed by atoms with van der Waals surface area (Å²) in [6, 6.07) is 9.55. The molecule has 0 saturated carbocycles. The fourth-order valence-corrected chi connectivity index (χ4v) is 3.20. The molecule has 2 nitrogen and oxygen atoms in total. The Morgan fingerprint density at radius 1 is 1.28 bits per heavy atom. The van der Waals surface area contributed by atoms with Crippen molar-refractivity contribution in [2.75, 3.05) is 19.6 Å². The van der Waals surface area contributed by atoms with Crippen LogP contribution in [0.3, 0.4) is 0 Å². The van der Waals surface area contributed by atoms with Crippen LogP contribution in [-0.2, 0) is 6.42 Å². The van der Waals surface area contributed by atoms with E-state index in [1.807, 2.05) is 0 Å². The zero-order valence-corrected chi connectivity index (χ0v) is 11.7. The topological polar surface area (TPSA) is 29.3 Å². The minimum Gasteiger partial charge on any atom is -0.329 e.